The first-order valence-electron chi connectivity index (χ1n) is 7.15. The maximum Gasteiger partial charge on any atom is 0.227 e. The smallest absolute Gasteiger partial charge is 0.227 e. The molecule has 1 N–H and O–H groups in total. The summed E-state index contributed by atoms with van der Waals surface area (Å²) in [5.74, 6) is 1.14. The average molecular weight is 285 g/mol. The monoisotopic (exact) mass is 285 g/mol. The molecule has 1 aliphatic rings. The largest absolute Gasteiger partial charge is 0.396 e. The van der Waals surface area contributed by atoms with Crippen molar-refractivity contribution in [3.8, 4) is 0 Å². The van der Waals surface area contributed by atoms with Crippen LogP contribution in [0.1, 0.15) is 17.8 Å². The van der Waals surface area contributed by atoms with E-state index in [1.54, 1.807) is 11.1 Å². The zero-order valence-electron chi connectivity index (χ0n) is 12.1. The summed E-state index contributed by atoms with van der Waals surface area (Å²) in [6.07, 6.45) is 4.19. The first-order valence-corrected chi connectivity index (χ1v) is 7.15. The molecule has 0 radical (unpaired) electrons. The number of aromatic nitrogens is 2. The van der Waals surface area contributed by atoms with E-state index in [9.17, 15) is 9.90 Å². The molecule has 1 unspecified atom stereocenters. The summed E-state index contributed by atoms with van der Waals surface area (Å²) in [6.45, 7) is 3.43. The minimum absolute atomic E-state index is 0.0609. The van der Waals surface area contributed by atoms with Crippen LogP contribution in [-0.4, -0.2) is 33.7 Å². The van der Waals surface area contributed by atoms with E-state index >= 15 is 0 Å². The second kappa shape index (κ2) is 5.69. The van der Waals surface area contributed by atoms with E-state index in [0.717, 1.165) is 18.1 Å². The fourth-order valence-electron chi connectivity index (χ4n) is 2.70. The number of aryl methyl sites for hydroxylation is 1. The Labute approximate surface area is 123 Å². The lowest BCUT2D eigenvalue weighted by Crippen LogP contribution is -2.24. The molecule has 1 aromatic heterocycles. The van der Waals surface area contributed by atoms with Crippen molar-refractivity contribution in [1.82, 2.24) is 9.55 Å². The Kier molecular flexibility index (Phi) is 3.75. The molecule has 1 aromatic carbocycles. The van der Waals surface area contributed by atoms with Crippen molar-refractivity contribution in [1.29, 1.82) is 0 Å². The third kappa shape index (κ3) is 2.83. The Hall–Kier alpha value is -2.14. The molecule has 1 atom stereocenters. The highest BCUT2D eigenvalue weighted by Crippen LogP contribution is 2.25. The average Bonchev–Trinajstić information content (AvgIpc) is 3.06. The predicted octanol–water partition coefficient (Wildman–Crippen LogP) is 1.59. The summed E-state index contributed by atoms with van der Waals surface area (Å²) >= 11 is 0. The Balaban J connectivity index is 1.72. The molecular formula is C16H19N3O2. The molecule has 1 saturated heterocycles. The van der Waals surface area contributed by atoms with Gasteiger partial charge in [0.1, 0.15) is 5.82 Å². The van der Waals surface area contributed by atoms with Crippen LogP contribution in [-0.2, 0) is 11.3 Å². The van der Waals surface area contributed by atoms with Crippen LogP contribution in [0.15, 0.2) is 36.7 Å². The summed E-state index contributed by atoms with van der Waals surface area (Å²) in [7, 11) is 0. The summed E-state index contributed by atoms with van der Waals surface area (Å²) in [4.78, 5) is 17.9. The van der Waals surface area contributed by atoms with Gasteiger partial charge in [-0.3, -0.25) is 4.79 Å². The highest BCUT2D eigenvalue weighted by molar-refractivity contribution is 5.95. The third-order valence-electron chi connectivity index (χ3n) is 3.99. The van der Waals surface area contributed by atoms with Gasteiger partial charge in [-0.05, 0) is 24.6 Å². The number of carbonyl (C=O) groups excluding carboxylic acids is 1. The normalized spacial score (nSPS) is 18.5. The maximum atomic E-state index is 11.9. The van der Waals surface area contributed by atoms with Crippen LogP contribution >= 0.6 is 0 Å². The minimum atomic E-state index is 0.0609. The fraction of sp³-hybridized carbons (Fsp3) is 0.375. The van der Waals surface area contributed by atoms with E-state index in [1.807, 2.05) is 37.4 Å². The maximum absolute atomic E-state index is 11.9. The number of aliphatic hydroxyl groups is 1. The summed E-state index contributed by atoms with van der Waals surface area (Å²) in [5, 5.41) is 9.17. The molecule has 2 aromatic rings. The molecule has 0 bridgehead atoms. The number of anilines is 1. The van der Waals surface area contributed by atoms with Crippen LogP contribution in [0.25, 0.3) is 0 Å². The number of aliphatic hydroxyl groups excluding tert-OH is 1. The van der Waals surface area contributed by atoms with Gasteiger partial charge in [-0.1, -0.05) is 12.1 Å². The van der Waals surface area contributed by atoms with Crippen molar-refractivity contribution in [2.45, 2.75) is 19.9 Å². The van der Waals surface area contributed by atoms with E-state index in [-0.39, 0.29) is 18.4 Å². The van der Waals surface area contributed by atoms with Gasteiger partial charge < -0.3 is 14.6 Å². The van der Waals surface area contributed by atoms with Gasteiger partial charge in [0.15, 0.2) is 0 Å². The minimum Gasteiger partial charge on any atom is -0.396 e. The first-order chi connectivity index (χ1) is 10.2. The second-order valence-corrected chi connectivity index (χ2v) is 5.53. The molecule has 2 heterocycles. The third-order valence-corrected chi connectivity index (χ3v) is 3.99. The Morgan fingerprint density at radius 3 is 2.67 bits per heavy atom. The quantitative estimate of drug-likeness (QED) is 0.928. The van der Waals surface area contributed by atoms with Crippen molar-refractivity contribution in [3.63, 3.8) is 0 Å². The zero-order chi connectivity index (χ0) is 14.8. The number of nitrogens with zero attached hydrogens (tertiary/aromatic N) is 3. The Morgan fingerprint density at radius 1 is 1.33 bits per heavy atom. The highest BCUT2D eigenvalue weighted by Gasteiger charge is 2.29. The van der Waals surface area contributed by atoms with Crippen LogP contribution in [0.5, 0.6) is 0 Å². The lowest BCUT2D eigenvalue weighted by atomic mass is 10.1. The molecule has 21 heavy (non-hydrogen) atoms. The van der Waals surface area contributed by atoms with Gasteiger partial charge in [0.05, 0.1) is 0 Å². The number of imidazole rings is 1. The molecular weight excluding hydrogens is 266 g/mol. The number of rotatable bonds is 4. The van der Waals surface area contributed by atoms with E-state index in [4.69, 9.17) is 0 Å². The lowest BCUT2D eigenvalue weighted by Gasteiger charge is -2.17. The van der Waals surface area contributed by atoms with Gasteiger partial charge in [0.25, 0.3) is 0 Å². The molecule has 3 rings (SSSR count). The SMILES string of the molecule is Cc1nccn1Cc1ccc(N2CC(CO)CC2=O)cc1. The number of carbonyl (C=O) groups is 1. The molecule has 5 nitrogen and oxygen atoms in total. The topological polar surface area (TPSA) is 58.4 Å². The summed E-state index contributed by atoms with van der Waals surface area (Å²) < 4.78 is 2.08. The van der Waals surface area contributed by atoms with Gasteiger partial charge in [-0.2, -0.15) is 0 Å². The van der Waals surface area contributed by atoms with Gasteiger partial charge >= 0.3 is 0 Å². The number of benzene rings is 1. The summed E-state index contributed by atoms with van der Waals surface area (Å²) in [5.41, 5.74) is 2.08. The molecule has 1 fully saturated rings. The highest BCUT2D eigenvalue weighted by atomic mass is 16.3. The molecule has 1 aliphatic heterocycles. The number of hydrogen-bond acceptors (Lipinski definition) is 3. The van der Waals surface area contributed by atoms with Gasteiger partial charge in [-0.25, -0.2) is 4.98 Å². The first kappa shape index (κ1) is 13.8. The van der Waals surface area contributed by atoms with Crippen molar-refractivity contribution in [2.24, 2.45) is 5.92 Å². The summed E-state index contributed by atoms with van der Waals surface area (Å²) in [6, 6.07) is 8.02. The fourth-order valence-corrected chi connectivity index (χ4v) is 2.70. The van der Waals surface area contributed by atoms with Crippen LogP contribution < -0.4 is 4.90 Å². The molecule has 110 valence electrons. The van der Waals surface area contributed by atoms with Gasteiger partial charge in [-0.15, -0.1) is 0 Å². The Bertz CT molecular complexity index is 633. The van der Waals surface area contributed by atoms with E-state index in [1.165, 1.54) is 5.56 Å². The Morgan fingerprint density at radius 2 is 2.10 bits per heavy atom. The van der Waals surface area contributed by atoms with Gasteiger partial charge in [0, 0.05) is 50.1 Å². The molecule has 5 heteroatoms. The molecule has 1 amide bonds. The second-order valence-electron chi connectivity index (χ2n) is 5.53. The van der Waals surface area contributed by atoms with E-state index in [0.29, 0.717) is 13.0 Å². The molecule has 0 aliphatic carbocycles. The van der Waals surface area contributed by atoms with Crippen LogP contribution in [0.3, 0.4) is 0 Å². The van der Waals surface area contributed by atoms with Crippen molar-refractivity contribution < 1.29 is 9.90 Å². The van der Waals surface area contributed by atoms with Crippen molar-refractivity contribution in [2.75, 3.05) is 18.1 Å². The van der Waals surface area contributed by atoms with Crippen molar-refractivity contribution >= 4 is 11.6 Å². The molecule has 0 spiro atoms. The number of amides is 1. The zero-order valence-corrected chi connectivity index (χ0v) is 12.1. The molecule has 0 saturated carbocycles. The number of hydrogen-bond donors (Lipinski definition) is 1. The van der Waals surface area contributed by atoms with Gasteiger partial charge in [0.2, 0.25) is 5.91 Å². The lowest BCUT2D eigenvalue weighted by molar-refractivity contribution is -0.117. The predicted molar refractivity (Wildman–Crippen MR) is 80.1 cm³/mol. The standard InChI is InChI=1S/C16H19N3O2/c1-12-17-6-7-18(12)9-13-2-4-15(5-3-13)19-10-14(11-20)8-16(19)21/h2-7,14,20H,8-11H2,1H3. The van der Waals surface area contributed by atoms with E-state index < -0.39 is 0 Å². The van der Waals surface area contributed by atoms with Crippen LogP contribution in [0.2, 0.25) is 0 Å². The van der Waals surface area contributed by atoms with Crippen molar-refractivity contribution in [3.05, 3.63) is 48.0 Å². The van der Waals surface area contributed by atoms with E-state index in [2.05, 4.69) is 9.55 Å². The van der Waals surface area contributed by atoms with Crippen LogP contribution in [0, 0.1) is 12.8 Å². The van der Waals surface area contributed by atoms with Crippen LogP contribution in [0.4, 0.5) is 5.69 Å².